The number of carbonyl (C=O) groups is 2. The summed E-state index contributed by atoms with van der Waals surface area (Å²) in [4.78, 5) is 32.3. The van der Waals surface area contributed by atoms with Gasteiger partial charge in [-0.2, -0.15) is 5.26 Å². The van der Waals surface area contributed by atoms with Crippen molar-refractivity contribution in [3.05, 3.63) is 33.9 Å². The largest absolute Gasteiger partial charge is 0.480 e. The maximum Gasteiger partial charge on any atom is 0.323 e. The average Bonchev–Trinajstić information content (AvgIpc) is 2.35. The molecule has 0 atom stereocenters. The average molecular weight is 279 g/mol. The van der Waals surface area contributed by atoms with E-state index in [1.807, 2.05) is 0 Å². The molecule has 0 bridgehead atoms. The Labute approximate surface area is 112 Å². The number of nitriles is 1. The quantitative estimate of drug-likeness (QED) is 0.563. The van der Waals surface area contributed by atoms with Crippen LogP contribution in [0.15, 0.2) is 18.2 Å². The number of carboxylic acids is 2. The summed E-state index contributed by atoms with van der Waals surface area (Å²) in [7, 11) is 0. The van der Waals surface area contributed by atoms with Crippen molar-refractivity contribution < 1.29 is 24.7 Å². The van der Waals surface area contributed by atoms with E-state index in [2.05, 4.69) is 0 Å². The molecule has 0 aliphatic carbocycles. The first-order valence-electron chi connectivity index (χ1n) is 5.22. The van der Waals surface area contributed by atoms with Crippen LogP contribution in [0.3, 0.4) is 0 Å². The smallest absolute Gasteiger partial charge is 0.323 e. The lowest BCUT2D eigenvalue weighted by molar-refractivity contribution is -0.384. The minimum absolute atomic E-state index is 0.0166. The van der Waals surface area contributed by atoms with Crippen molar-refractivity contribution in [1.82, 2.24) is 0 Å². The van der Waals surface area contributed by atoms with Crippen molar-refractivity contribution >= 4 is 23.3 Å². The molecule has 0 aliphatic rings. The van der Waals surface area contributed by atoms with Crippen molar-refractivity contribution in [2.24, 2.45) is 0 Å². The number of hydrogen-bond acceptors (Lipinski definition) is 6. The van der Waals surface area contributed by atoms with E-state index < -0.39 is 30.0 Å². The molecule has 0 radical (unpaired) electrons. The molecule has 9 heteroatoms. The molecule has 1 aromatic carbocycles. The Kier molecular flexibility index (Phi) is 4.58. The van der Waals surface area contributed by atoms with Crippen LogP contribution in [0, 0.1) is 21.4 Å². The summed E-state index contributed by atoms with van der Waals surface area (Å²) in [6, 6.07) is 4.88. The normalized spacial score (nSPS) is 9.55. The van der Waals surface area contributed by atoms with Crippen LogP contribution in [0.25, 0.3) is 0 Å². The molecular weight excluding hydrogens is 270 g/mol. The van der Waals surface area contributed by atoms with Gasteiger partial charge in [0, 0.05) is 12.1 Å². The van der Waals surface area contributed by atoms with Gasteiger partial charge in [0.25, 0.3) is 5.69 Å². The number of benzene rings is 1. The summed E-state index contributed by atoms with van der Waals surface area (Å²) in [6.07, 6.45) is 0. The molecule has 0 saturated carbocycles. The first kappa shape index (κ1) is 14.9. The third kappa shape index (κ3) is 3.67. The Morgan fingerprint density at radius 3 is 2.25 bits per heavy atom. The second kappa shape index (κ2) is 6.14. The van der Waals surface area contributed by atoms with Crippen LogP contribution >= 0.6 is 0 Å². The minimum Gasteiger partial charge on any atom is -0.480 e. The number of nitrogens with zero attached hydrogens (tertiary/aromatic N) is 3. The molecule has 0 amide bonds. The molecule has 9 nitrogen and oxygen atoms in total. The monoisotopic (exact) mass is 279 g/mol. The molecule has 1 rings (SSSR count). The second-order valence-electron chi connectivity index (χ2n) is 3.71. The van der Waals surface area contributed by atoms with Gasteiger partial charge >= 0.3 is 11.9 Å². The number of anilines is 1. The van der Waals surface area contributed by atoms with Crippen LogP contribution in [0.1, 0.15) is 5.56 Å². The van der Waals surface area contributed by atoms with E-state index in [1.165, 1.54) is 0 Å². The molecule has 0 heterocycles. The van der Waals surface area contributed by atoms with Gasteiger partial charge in [-0.25, -0.2) is 0 Å². The fourth-order valence-corrected chi connectivity index (χ4v) is 1.56. The Hall–Kier alpha value is -3.15. The Bertz CT molecular complexity index is 591. The zero-order valence-corrected chi connectivity index (χ0v) is 10.0. The highest BCUT2D eigenvalue weighted by molar-refractivity contribution is 5.81. The van der Waals surface area contributed by atoms with Crippen LogP contribution in [0.2, 0.25) is 0 Å². The maximum atomic E-state index is 10.7. The van der Waals surface area contributed by atoms with E-state index in [0.717, 1.165) is 23.1 Å². The highest BCUT2D eigenvalue weighted by Crippen LogP contribution is 2.24. The molecule has 104 valence electrons. The first-order valence-corrected chi connectivity index (χ1v) is 5.22. The van der Waals surface area contributed by atoms with E-state index in [4.69, 9.17) is 15.5 Å². The molecule has 0 aromatic heterocycles. The van der Waals surface area contributed by atoms with Crippen LogP contribution in [-0.2, 0) is 9.59 Å². The standard InChI is InChI=1S/C11H9N3O6/c12-4-7-3-8(14(19)20)1-2-9(7)13(5-10(15)16)6-11(17)18/h1-3H,5-6H2,(H,15,16)(H,17,18). The third-order valence-corrected chi connectivity index (χ3v) is 2.30. The lowest BCUT2D eigenvalue weighted by Gasteiger charge is -2.21. The lowest BCUT2D eigenvalue weighted by Crippen LogP contribution is -2.35. The van der Waals surface area contributed by atoms with E-state index in [1.54, 1.807) is 6.07 Å². The summed E-state index contributed by atoms with van der Waals surface area (Å²) in [6.45, 7) is -1.28. The van der Waals surface area contributed by atoms with Gasteiger partial charge in [0.15, 0.2) is 0 Å². The van der Waals surface area contributed by atoms with Crippen molar-refractivity contribution in [3.8, 4) is 6.07 Å². The van der Waals surface area contributed by atoms with Gasteiger partial charge in [0.05, 0.1) is 16.2 Å². The highest BCUT2D eigenvalue weighted by atomic mass is 16.6. The van der Waals surface area contributed by atoms with E-state index in [-0.39, 0.29) is 16.9 Å². The predicted molar refractivity (Wildman–Crippen MR) is 65.3 cm³/mol. The number of nitro groups is 1. The second-order valence-corrected chi connectivity index (χ2v) is 3.71. The molecule has 0 fully saturated rings. The lowest BCUT2D eigenvalue weighted by atomic mass is 10.1. The van der Waals surface area contributed by atoms with Crippen LogP contribution in [0.5, 0.6) is 0 Å². The summed E-state index contributed by atoms with van der Waals surface area (Å²) in [5.74, 6) is -2.57. The fraction of sp³-hybridized carbons (Fsp3) is 0.182. The number of carboxylic acid groups (broad SMARTS) is 2. The van der Waals surface area contributed by atoms with Crippen LogP contribution in [-0.4, -0.2) is 40.2 Å². The fourth-order valence-electron chi connectivity index (χ4n) is 1.56. The van der Waals surface area contributed by atoms with Gasteiger partial charge in [-0.3, -0.25) is 19.7 Å². The number of hydrogen-bond donors (Lipinski definition) is 2. The Morgan fingerprint density at radius 1 is 1.30 bits per heavy atom. The van der Waals surface area contributed by atoms with E-state index in [0.29, 0.717) is 0 Å². The van der Waals surface area contributed by atoms with Gasteiger partial charge < -0.3 is 15.1 Å². The third-order valence-electron chi connectivity index (χ3n) is 2.30. The minimum atomic E-state index is -1.28. The predicted octanol–water partition coefficient (Wildman–Crippen LogP) is 0.442. The summed E-state index contributed by atoms with van der Waals surface area (Å²) in [5, 5.41) is 37.0. The van der Waals surface area contributed by atoms with Crippen molar-refractivity contribution in [3.63, 3.8) is 0 Å². The van der Waals surface area contributed by atoms with Crippen molar-refractivity contribution in [2.75, 3.05) is 18.0 Å². The maximum absolute atomic E-state index is 10.7. The number of aliphatic carboxylic acids is 2. The molecule has 0 spiro atoms. The van der Waals surface area contributed by atoms with Gasteiger partial charge in [-0.05, 0) is 6.07 Å². The van der Waals surface area contributed by atoms with E-state index >= 15 is 0 Å². The number of rotatable bonds is 6. The Balaban J connectivity index is 3.25. The molecule has 0 saturated heterocycles. The zero-order valence-electron chi connectivity index (χ0n) is 10.0. The number of nitro benzene ring substituents is 1. The SMILES string of the molecule is N#Cc1cc([N+](=O)[O-])ccc1N(CC(=O)O)CC(=O)O. The molecule has 0 aliphatic heterocycles. The van der Waals surface area contributed by atoms with Gasteiger partial charge in [-0.15, -0.1) is 0 Å². The number of non-ortho nitro benzene ring substituents is 1. The summed E-state index contributed by atoms with van der Waals surface area (Å²) >= 11 is 0. The highest BCUT2D eigenvalue weighted by Gasteiger charge is 2.19. The van der Waals surface area contributed by atoms with Crippen LogP contribution < -0.4 is 4.90 Å². The zero-order chi connectivity index (χ0) is 15.3. The van der Waals surface area contributed by atoms with Gasteiger partial charge in [0.2, 0.25) is 0 Å². The topological polar surface area (TPSA) is 145 Å². The molecule has 20 heavy (non-hydrogen) atoms. The Morgan fingerprint density at radius 2 is 1.85 bits per heavy atom. The van der Waals surface area contributed by atoms with Crippen molar-refractivity contribution in [1.29, 1.82) is 5.26 Å². The summed E-state index contributed by atoms with van der Waals surface area (Å²) < 4.78 is 0. The van der Waals surface area contributed by atoms with E-state index in [9.17, 15) is 19.7 Å². The van der Waals surface area contributed by atoms with Gasteiger partial charge in [-0.1, -0.05) is 0 Å². The van der Waals surface area contributed by atoms with Crippen LogP contribution in [0.4, 0.5) is 11.4 Å². The molecule has 2 N–H and O–H groups in total. The molecular formula is C11H9N3O6. The van der Waals surface area contributed by atoms with Gasteiger partial charge in [0.1, 0.15) is 19.2 Å². The first-order chi connectivity index (χ1) is 9.35. The summed E-state index contributed by atoms with van der Waals surface area (Å²) in [5.41, 5.74) is -0.486. The molecule has 0 unspecified atom stereocenters. The molecule has 1 aromatic rings. The van der Waals surface area contributed by atoms with Crippen molar-refractivity contribution in [2.45, 2.75) is 0 Å².